The number of allylic oxidation sites excluding steroid dienone is 3. The Morgan fingerprint density at radius 3 is 2.05 bits per heavy atom. The number of nitrogens with zero attached hydrogens (tertiary/aromatic N) is 1. The molecule has 0 aromatic heterocycles. The van der Waals surface area contributed by atoms with Crippen molar-refractivity contribution in [2.75, 3.05) is 0 Å². The van der Waals surface area contributed by atoms with Gasteiger partial charge >= 0.3 is 7.12 Å². The molecule has 2 aliphatic heterocycles. The number of hydrogen-bond acceptors (Lipinski definition) is 3. The molecular weight excluding hydrogens is 237 g/mol. The number of aliphatic imine (C=N–C) groups is 1. The van der Waals surface area contributed by atoms with Crippen LogP contribution in [0.1, 0.15) is 48.5 Å². The Bertz CT molecular complexity index is 457. The van der Waals surface area contributed by atoms with Gasteiger partial charge in [0.25, 0.3) is 0 Å². The normalized spacial score (nSPS) is 27.8. The van der Waals surface area contributed by atoms with Crippen LogP contribution >= 0.6 is 0 Å². The van der Waals surface area contributed by atoms with Crippen LogP contribution in [-0.4, -0.2) is 24.0 Å². The summed E-state index contributed by atoms with van der Waals surface area (Å²) < 4.78 is 12.1. The standard InChI is InChI=1S/C15H24BNO2/c1-11-13(2,3)9-8-12(10-17-11)16-18-14(4,5)15(6,7)19-16/h8-10H,1-7H3. The predicted molar refractivity (Wildman–Crippen MR) is 80.2 cm³/mol. The van der Waals surface area contributed by atoms with E-state index >= 15 is 0 Å². The maximum atomic E-state index is 6.05. The Morgan fingerprint density at radius 2 is 1.53 bits per heavy atom. The highest BCUT2D eigenvalue weighted by atomic mass is 16.7. The van der Waals surface area contributed by atoms with Gasteiger partial charge in [-0.1, -0.05) is 26.0 Å². The van der Waals surface area contributed by atoms with Crippen molar-refractivity contribution in [2.45, 2.75) is 59.7 Å². The highest BCUT2D eigenvalue weighted by molar-refractivity contribution is 6.55. The van der Waals surface area contributed by atoms with Crippen molar-refractivity contribution < 1.29 is 9.31 Å². The molecule has 4 heteroatoms. The van der Waals surface area contributed by atoms with E-state index < -0.39 is 0 Å². The first-order valence-corrected chi connectivity index (χ1v) is 6.85. The Kier molecular flexibility index (Phi) is 3.31. The van der Waals surface area contributed by atoms with Crippen LogP contribution in [0.4, 0.5) is 0 Å². The largest absolute Gasteiger partial charge is 0.496 e. The molecule has 1 saturated heterocycles. The maximum Gasteiger partial charge on any atom is 0.496 e. The van der Waals surface area contributed by atoms with E-state index in [2.05, 4.69) is 58.7 Å². The SMILES string of the molecule is CC1=NC=C(B2OC(C)(C)C(C)(C)O2)C=CC1(C)C. The van der Waals surface area contributed by atoms with Crippen LogP contribution in [0.15, 0.2) is 28.8 Å². The van der Waals surface area contributed by atoms with Crippen molar-refractivity contribution >= 4 is 12.8 Å². The zero-order chi connectivity index (χ0) is 14.5. The summed E-state index contributed by atoms with van der Waals surface area (Å²) in [4.78, 5) is 4.53. The summed E-state index contributed by atoms with van der Waals surface area (Å²) in [5.41, 5.74) is 1.42. The molecule has 1 fully saturated rings. The van der Waals surface area contributed by atoms with E-state index in [0.29, 0.717) is 0 Å². The third-order valence-electron chi connectivity index (χ3n) is 4.56. The lowest BCUT2D eigenvalue weighted by molar-refractivity contribution is 0.00578. The molecule has 0 aromatic rings. The zero-order valence-corrected chi connectivity index (χ0v) is 13.1. The van der Waals surface area contributed by atoms with Crippen LogP contribution < -0.4 is 0 Å². The second-order valence-corrected chi connectivity index (χ2v) is 6.99. The van der Waals surface area contributed by atoms with Crippen LogP contribution in [0.3, 0.4) is 0 Å². The third kappa shape index (κ3) is 2.56. The van der Waals surface area contributed by atoms with Gasteiger partial charge in [-0.25, -0.2) is 0 Å². The van der Waals surface area contributed by atoms with Gasteiger partial charge in [-0.15, -0.1) is 0 Å². The van der Waals surface area contributed by atoms with Crippen molar-refractivity contribution in [1.82, 2.24) is 0 Å². The number of hydrogen-bond donors (Lipinski definition) is 0. The summed E-state index contributed by atoms with van der Waals surface area (Å²) in [6.07, 6.45) is 6.10. The van der Waals surface area contributed by atoms with Gasteiger partial charge in [0.05, 0.1) is 11.2 Å². The molecule has 0 N–H and O–H groups in total. The van der Waals surface area contributed by atoms with Gasteiger partial charge in [0.2, 0.25) is 0 Å². The molecule has 0 aromatic carbocycles. The minimum atomic E-state index is -0.341. The van der Waals surface area contributed by atoms with Crippen LogP contribution in [0.2, 0.25) is 0 Å². The molecule has 0 atom stereocenters. The van der Waals surface area contributed by atoms with Gasteiger partial charge in [-0.3, -0.25) is 4.99 Å². The van der Waals surface area contributed by atoms with Gasteiger partial charge < -0.3 is 9.31 Å². The monoisotopic (exact) mass is 261 g/mol. The van der Waals surface area contributed by atoms with Crippen LogP contribution in [-0.2, 0) is 9.31 Å². The maximum absolute atomic E-state index is 6.05. The van der Waals surface area contributed by atoms with E-state index in [1.807, 2.05) is 13.1 Å². The fraction of sp³-hybridized carbons (Fsp3) is 0.667. The summed E-state index contributed by atoms with van der Waals surface area (Å²) in [7, 11) is -0.341. The van der Waals surface area contributed by atoms with Crippen LogP contribution in [0, 0.1) is 5.41 Å². The Hall–Kier alpha value is -0.865. The first-order valence-electron chi connectivity index (χ1n) is 6.85. The molecule has 0 saturated carbocycles. The van der Waals surface area contributed by atoms with Gasteiger partial charge in [0.1, 0.15) is 0 Å². The summed E-state index contributed by atoms with van der Waals surface area (Å²) >= 11 is 0. The second-order valence-electron chi connectivity index (χ2n) is 6.99. The molecule has 2 heterocycles. The van der Waals surface area contributed by atoms with E-state index in [1.165, 1.54) is 0 Å². The first kappa shape index (κ1) is 14.5. The van der Waals surface area contributed by atoms with Crippen molar-refractivity contribution in [1.29, 1.82) is 0 Å². The molecule has 0 radical (unpaired) electrons. The molecule has 2 aliphatic rings. The van der Waals surface area contributed by atoms with E-state index in [9.17, 15) is 0 Å². The van der Waals surface area contributed by atoms with Crippen molar-refractivity contribution in [3.63, 3.8) is 0 Å². The lowest BCUT2D eigenvalue weighted by Crippen LogP contribution is -2.41. The van der Waals surface area contributed by atoms with E-state index in [1.54, 1.807) is 0 Å². The molecular formula is C15H24BNO2. The molecule has 2 rings (SSSR count). The Balaban J connectivity index is 2.27. The molecule has 0 unspecified atom stereocenters. The smallest absolute Gasteiger partial charge is 0.399 e. The molecule has 0 amide bonds. The van der Waals surface area contributed by atoms with Crippen molar-refractivity contribution in [2.24, 2.45) is 10.4 Å². The molecule has 3 nitrogen and oxygen atoms in total. The molecule has 19 heavy (non-hydrogen) atoms. The lowest BCUT2D eigenvalue weighted by Gasteiger charge is -2.32. The molecule has 0 spiro atoms. The highest BCUT2D eigenvalue weighted by Crippen LogP contribution is 2.39. The highest BCUT2D eigenvalue weighted by Gasteiger charge is 2.52. The van der Waals surface area contributed by atoms with Gasteiger partial charge in [-0.2, -0.15) is 0 Å². The van der Waals surface area contributed by atoms with Crippen LogP contribution in [0.25, 0.3) is 0 Å². The Morgan fingerprint density at radius 1 is 1.00 bits per heavy atom. The zero-order valence-electron chi connectivity index (χ0n) is 13.1. The topological polar surface area (TPSA) is 30.8 Å². The second kappa shape index (κ2) is 4.32. The average Bonchev–Trinajstić information content (AvgIpc) is 2.38. The van der Waals surface area contributed by atoms with Crippen molar-refractivity contribution in [3.05, 3.63) is 23.8 Å². The predicted octanol–water partition coefficient (Wildman–Crippen LogP) is 3.56. The molecule has 0 aliphatic carbocycles. The fourth-order valence-corrected chi connectivity index (χ4v) is 1.92. The summed E-state index contributed by atoms with van der Waals surface area (Å²) in [6.45, 7) is 14.6. The van der Waals surface area contributed by atoms with Gasteiger partial charge in [-0.05, 0) is 34.6 Å². The molecule has 0 bridgehead atoms. The number of rotatable bonds is 1. The van der Waals surface area contributed by atoms with E-state index in [0.717, 1.165) is 11.2 Å². The average molecular weight is 261 g/mol. The summed E-state index contributed by atoms with van der Waals surface area (Å²) in [5, 5.41) is 0. The van der Waals surface area contributed by atoms with Gasteiger partial charge in [0, 0.05) is 22.8 Å². The minimum Gasteiger partial charge on any atom is -0.399 e. The molecule has 104 valence electrons. The summed E-state index contributed by atoms with van der Waals surface area (Å²) in [5.74, 6) is 0. The minimum absolute atomic E-state index is 0.0259. The quantitative estimate of drug-likeness (QED) is 0.676. The lowest BCUT2D eigenvalue weighted by atomic mass is 9.77. The Labute approximate surface area is 116 Å². The van der Waals surface area contributed by atoms with E-state index in [4.69, 9.17) is 9.31 Å². The van der Waals surface area contributed by atoms with E-state index in [-0.39, 0.29) is 23.7 Å². The third-order valence-corrected chi connectivity index (χ3v) is 4.56. The first-order chi connectivity index (χ1) is 8.55. The fourth-order valence-electron chi connectivity index (χ4n) is 1.92. The summed E-state index contributed by atoms with van der Waals surface area (Å²) in [6, 6.07) is 0. The van der Waals surface area contributed by atoms with Gasteiger partial charge in [0.15, 0.2) is 0 Å². The van der Waals surface area contributed by atoms with Crippen molar-refractivity contribution in [3.8, 4) is 0 Å². The van der Waals surface area contributed by atoms with Crippen LogP contribution in [0.5, 0.6) is 0 Å².